The molecule has 0 bridgehead atoms. The number of aromatic amines is 1. The molecular weight excluding hydrogens is 384 g/mol. The van der Waals surface area contributed by atoms with Crippen LogP contribution in [0, 0.1) is 12.8 Å². The van der Waals surface area contributed by atoms with Crippen molar-refractivity contribution in [1.29, 1.82) is 0 Å². The number of aromatic nitrogens is 2. The molecule has 1 aromatic carbocycles. The van der Waals surface area contributed by atoms with Crippen LogP contribution in [0.5, 0.6) is 11.8 Å². The van der Waals surface area contributed by atoms with Crippen LogP contribution < -0.4 is 11.1 Å². The Balaban J connectivity index is 1.73. The zero-order valence-electron chi connectivity index (χ0n) is 17.1. The number of para-hydroxylation sites is 1. The molecule has 2 atom stereocenters. The van der Waals surface area contributed by atoms with E-state index in [9.17, 15) is 19.8 Å². The number of nitrogens with zero attached hydrogens (tertiary/aromatic N) is 1. The monoisotopic (exact) mass is 410 g/mol. The van der Waals surface area contributed by atoms with Crippen LogP contribution in [0.4, 0.5) is 0 Å². The van der Waals surface area contributed by atoms with Gasteiger partial charge in [0.2, 0.25) is 11.8 Å². The van der Waals surface area contributed by atoms with Crippen LogP contribution in [-0.4, -0.2) is 37.9 Å². The van der Waals surface area contributed by atoms with Crippen LogP contribution in [0.2, 0.25) is 0 Å². The number of H-pyrrole nitrogens is 1. The minimum Gasteiger partial charge on any atom is -0.494 e. The Morgan fingerprint density at radius 3 is 2.53 bits per heavy atom. The molecule has 3 rings (SSSR count). The Hall–Kier alpha value is -3.39. The predicted molar refractivity (Wildman–Crippen MR) is 113 cm³/mol. The summed E-state index contributed by atoms with van der Waals surface area (Å²) in [6, 6.07) is 8.06. The molecule has 2 heterocycles. The molecule has 0 aliphatic rings. The standard InChI is InChI=1S/C22H26N4O4/c1-11(2)19(20(28)18-12(3)21(29)26-22(18)30)25-17(27)9-15(23)14-8-13-6-4-5-7-16(13)24-10-14/h4-8,10-11,15,19,26,29-30H,9,23H2,1-3H3,(H,25,27)/t15?,19-/m0/s1. The molecule has 8 nitrogen and oxygen atoms in total. The number of amides is 1. The first kappa shape index (κ1) is 21.3. The van der Waals surface area contributed by atoms with E-state index >= 15 is 0 Å². The van der Waals surface area contributed by atoms with Gasteiger partial charge in [0.1, 0.15) is 0 Å². The summed E-state index contributed by atoms with van der Waals surface area (Å²) in [5.41, 5.74) is 7.98. The highest BCUT2D eigenvalue weighted by Crippen LogP contribution is 2.30. The summed E-state index contributed by atoms with van der Waals surface area (Å²) in [7, 11) is 0. The summed E-state index contributed by atoms with van der Waals surface area (Å²) < 4.78 is 0. The number of pyridine rings is 1. The number of nitrogens with two attached hydrogens (primary N) is 1. The number of ketones is 1. The van der Waals surface area contributed by atoms with E-state index in [4.69, 9.17) is 5.73 Å². The molecule has 0 radical (unpaired) electrons. The Kier molecular flexibility index (Phi) is 6.07. The lowest BCUT2D eigenvalue weighted by atomic mass is 9.93. The minimum absolute atomic E-state index is 0.0279. The van der Waals surface area contributed by atoms with Gasteiger partial charge in [0.05, 0.1) is 17.1 Å². The second kappa shape index (κ2) is 8.54. The number of nitrogens with one attached hydrogen (secondary N) is 2. The summed E-state index contributed by atoms with van der Waals surface area (Å²) in [5.74, 6) is -1.81. The highest BCUT2D eigenvalue weighted by molar-refractivity contribution is 6.05. The second-order valence-electron chi connectivity index (χ2n) is 7.75. The summed E-state index contributed by atoms with van der Waals surface area (Å²) in [4.78, 5) is 32.3. The van der Waals surface area contributed by atoms with Crippen LogP contribution in [0.1, 0.15) is 47.8 Å². The van der Waals surface area contributed by atoms with Crippen LogP contribution in [-0.2, 0) is 4.79 Å². The molecule has 0 aliphatic carbocycles. The fourth-order valence-electron chi connectivity index (χ4n) is 3.40. The lowest BCUT2D eigenvalue weighted by molar-refractivity contribution is -0.122. The van der Waals surface area contributed by atoms with Crippen molar-refractivity contribution in [3.63, 3.8) is 0 Å². The molecule has 30 heavy (non-hydrogen) atoms. The van der Waals surface area contributed by atoms with Gasteiger partial charge in [-0.25, -0.2) is 0 Å². The third-order valence-electron chi connectivity index (χ3n) is 5.16. The molecular formula is C22H26N4O4. The maximum absolute atomic E-state index is 12.9. The van der Waals surface area contributed by atoms with Crippen LogP contribution in [0.3, 0.4) is 0 Å². The maximum atomic E-state index is 12.9. The van der Waals surface area contributed by atoms with Crippen molar-refractivity contribution >= 4 is 22.6 Å². The third kappa shape index (κ3) is 4.28. The lowest BCUT2D eigenvalue weighted by Gasteiger charge is -2.22. The first-order valence-corrected chi connectivity index (χ1v) is 9.73. The number of rotatable bonds is 7. The molecule has 0 fully saturated rings. The van der Waals surface area contributed by atoms with E-state index in [0.29, 0.717) is 0 Å². The van der Waals surface area contributed by atoms with Gasteiger partial charge in [0.25, 0.3) is 0 Å². The zero-order chi connectivity index (χ0) is 22.0. The van der Waals surface area contributed by atoms with Crippen molar-refractivity contribution in [3.8, 4) is 11.8 Å². The highest BCUT2D eigenvalue weighted by atomic mass is 16.3. The zero-order valence-corrected chi connectivity index (χ0v) is 17.1. The molecule has 6 N–H and O–H groups in total. The van der Waals surface area contributed by atoms with Gasteiger partial charge in [-0.3, -0.25) is 19.6 Å². The second-order valence-corrected chi connectivity index (χ2v) is 7.75. The van der Waals surface area contributed by atoms with Crippen molar-refractivity contribution in [2.24, 2.45) is 11.7 Å². The van der Waals surface area contributed by atoms with E-state index in [1.165, 1.54) is 6.92 Å². The average Bonchev–Trinajstić information content (AvgIpc) is 2.96. The van der Waals surface area contributed by atoms with Crippen molar-refractivity contribution in [2.75, 3.05) is 0 Å². The Morgan fingerprint density at radius 1 is 1.20 bits per heavy atom. The SMILES string of the molecule is Cc1c(O)[nH]c(O)c1C(=O)[C@@H](NC(=O)CC(N)c1cnc2ccccc2c1)C(C)C. The van der Waals surface area contributed by atoms with Crippen molar-refractivity contribution in [2.45, 2.75) is 39.3 Å². The molecule has 0 spiro atoms. The molecule has 0 aliphatic heterocycles. The number of aromatic hydroxyl groups is 2. The van der Waals surface area contributed by atoms with Gasteiger partial charge in [-0.2, -0.15) is 0 Å². The molecule has 0 saturated carbocycles. The van der Waals surface area contributed by atoms with Crippen molar-refractivity contribution in [3.05, 3.63) is 53.2 Å². The van der Waals surface area contributed by atoms with Gasteiger partial charge in [-0.15, -0.1) is 0 Å². The Morgan fingerprint density at radius 2 is 1.90 bits per heavy atom. The van der Waals surface area contributed by atoms with Crippen molar-refractivity contribution in [1.82, 2.24) is 15.3 Å². The fraction of sp³-hybridized carbons (Fsp3) is 0.318. The molecule has 2 aromatic heterocycles. The number of hydrogen-bond acceptors (Lipinski definition) is 6. The number of carbonyl (C=O) groups is 2. The molecule has 0 saturated heterocycles. The van der Waals surface area contributed by atoms with Gasteiger partial charge in [0, 0.05) is 29.6 Å². The highest BCUT2D eigenvalue weighted by Gasteiger charge is 2.31. The van der Waals surface area contributed by atoms with E-state index in [1.54, 1.807) is 20.0 Å². The van der Waals surface area contributed by atoms with E-state index in [1.807, 2.05) is 30.3 Å². The summed E-state index contributed by atoms with van der Waals surface area (Å²) in [5, 5.41) is 23.3. The molecule has 8 heteroatoms. The number of hydrogen-bond donors (Lipinski definition) is 5. The van der Waals surface area contributed by atoms with Gasteiger partial charge >= 0.3 is 0 Å². The van der Waals surface area contributed by atoms with Crippen molar-refractivity contribution < 1.29 is 19.8 Å². The molecule has 158 valence electrons. The lowest BCUT2D eigenvalue weighted by Crippen LogP contribution is -2.45. The topological polar surface area (TPSA) is 141 Å². The first-order chi connectivity index (χ1) is 14.2. The first-order valence-electron chi connectivity index (χ1n) is 9.73. The van der Waals surface area contributed by atoms with E-state index in [0.717, 1.165) is 16.5 Å². The molecule has 1 amide bonds. The van der Waals surface area contributed by atoms with Gasteiger partial charge in [-0.05, 0) is 30.5 Å². The van der Waals surface area contributed by atoms with Gasteiger partial charge < -0.3 is 21.3 Å². The van der Waals surface area contributed by atoms with Gasteiger partial charge in [0.15, 0.2) is 11.7 Å². The maximum Gasteiger partial charge on any atom is 0.222 e. The number of benzene rings is 1. The predicted octanol–water partition coefficient (Wildman–Crippen LogP) is 2.70. The van der Waals surface area contributed by atoms with Crippen LogP contribution in [0.15, 0.2) is 36.5 Å². The summed E-state index contributed by atoms with van der Waals surface area (Å²) >= 11 is 0. The van der Waals surface area contributed by atoms with Crippen LogP contribution >= 0.6 is 0 Å². The van der Waals surface area contributed by atoms with E-state index in [2.05, 4.69) is 15.3 Å². The summed E-state index contributed by atoms with van der Waals surface area (Å²) in [6.07, 6.45) is 1.62. The Labute approximate surface area is 174 Å². The molecule has 3 aromatic rings. The normalized spacial score (nSPS) is 13.4. The third-order valence-corrected chi connectivity index (χ3v) is 5.16. The van der Waals surface area contributed by atoms with E-state index < -0.39 is 23.7 Å². The largest absolute Gasteiger partial charge is 0.494 e. The number of fused-ring (bicyclic) bond motifs is 1. The molecule has 1 unspecified atom stereocenters. The summed E-state index contributed by atoms with van der Waals surface area (Å²) in [6.45, 7) is 5.09. The van der Waals surface area contributed by atoms with Crippen LogP contribution in [0.25, 0.3) is 10.9 Å². The fourth-order valence-corrected chi connectivity index (χ4v) is 3.40. The smallest absolute Gasteiger partial charge is 0.222 e. The number of Topliss-reactive ketones (excluding diaryl/α,β-unsaturated/α-hetero) is 1. The quantitative estimate of drug-likeness (QED) is 0.379. The average molecular weight is 410 g/mol. The van der Waals surface area contributed by atoms with Gasteiger partial charge in [-0.1, -0.05) is 32.0 Å². The number of carbonyl (C=O) groups excluding carboxylic acids is 2. The van der Waals surface area contributed by atoms with E-state index in [-0.39, 0.29) is 35.3 Å². The minimum atomic E-state index is -0.876. The Bertz CT molecular complexity index is 1090.